The van der Waals surface area contributed by atoms with Gasteiger partial charge in [0.1, 0.15) is 5.00 Å². The van der Waals surface area contributed by atoms with Crippen LogP contribution >= 0.6 is 23.1 Å². The summed E-state index contributed by atoms with van der Waals surface area (Å²) in [7, 11) is 0. The molecular weight excluding hydrogens is 362 g/mol. The molecule has 2 aromatic rings. The topological polar surface area (TPSA) is 19.4 Å². The van der Waals surface area contributed by atoms with Crippen molar-refractivity contribution in [2.24, 2.45) is 5.92 Å². The molecule has 5 heteroatoms. The van der Waals surface area contributed by atoms with Crippen molar-refractivity contribution in [1.29, 1.82) is 0 Å². The highest BCUT2D eigenvalue weighted by molar-refractivity contribution is 7.10. The second-order valence-electron chi connectivity index (χ2n) is 7.68. The van der Waals surface area contributed by atoms with Crippen molar-refractivity contribution in [3.05, 3.63) is 35.4 Å². The zero-order chi connectivity index (χ0) is 17.8. The van der Waals surface area contributed by atoms with Gasteiger partial charge in [-0.25, -0.2) is 0 Å². The fourth-order valence-electron chi connectivity index (χ4n) is 4.23. The highest BCUT2D eigenvalue weighted by Gasteiger charge is 2.21. The molecule has 2 fully saturated rings. The molecule has 0 atom stereocenters. The first kappa shape index (κ1) is 18.3. The van der Waals surface area contributed by atoms with Crippen LogP contribution in [0.25, 0.3) is 11.3 Å². The maximum Gasteiger partial charge on any atom is 0.112 e. The third kappa shape index (κ3) is 4.59. The summed E-state index contributed by atoms with van der Waals surface area (Å²) in [5.41, 5.74) is 2.14. The number of nitrogens with zero attached hydrogens (tertiary/aromatic N) is 3. The summed E-state index contributed by atoms with van der Waals surface area (Å²) in [6, 6.07) is 10.2. The predicted molar refractivity (Wildman–Crippen MR) is 112 cm³/mol. The van der Waals surface area contributed by atoms with Crippen LogP contribution in [0.1, 0.15) is 38.5 Å². The van der Waals surface area contributed by atoms with Crippen molar-refractivity contribution < 1.29 is 0 Å². The third-order valence-electron chi connectivity index (χ3n) is 5.88. The van der Waals surface area contributed by atoms with E-state index in [1.165, 1.54) is 63.2 Å². The van der Waals surface area contributed by atoms with E-state index in [9.17, 15) is 0 Å². The minimum absolute atomic E-state index is 0.767. The second kappa shape index (κ2) is 8.73. The number of halogens is 1. The second-order valence-corrected chi connectivity index (χ2v) is 8.90. The SMILES string of the molecule is Clc1cccc(-c2cc(N3CCN(CCC4CCCCC4)CC3)sn2)c1. The molecule has 4 rings (SSSR count). The lowest BCUT2D eigenvalue weighted by Crippen LogP contribution is -2.46. The quantitative estimate of drug-likeness (QED) is 0.667. The molecule has 1 saturated heterocycles. The lowest BCUT2D eigenvalue weighted by Gasteiger charge is -2.36. The maximum atomic E-state index is 6.11. The summed E-state index contributed by atoms with van der Waals surface area (Å²) in [5, 5.41) is 2.05. The summed E-state index contributed by atoms with van der Waals surface area (Å²) >= 11 is 7.72. The summed E-state index contributed by atoms with van der Waals surface area (Å²) in [5.74, 6) is 0.989. The smallest absolute Gasteiger partial charge is 0.112 e. The van der Waals surface area contributed by atoms with Crippen LogP contribution in [-0.2, 0) is 0 Å². The van der Waals surface area contributed by atoms with Gasteiger partial charge >= 0.3 is 0 Å². The van der Waals surface area contributed by atoms with Gasteiger partial charge in [0.2, 0.25) is 0 Å². The van der Waals surface area contributed by atoms with Crippen molar-refractivity contribution in [2.45, 2.75) is 38.5 Å². The molecule has 0 radical (unpaired) electrons. The maximum absolute atomic E-state index is 6.11. The molecule has 140 valence electrons. The molecule has 0 N–H and O–H groups in total. The largest absolute Gasteiger partial charge is 0.360 e. The van der Waals surface area contributed by atoms with E-state index in [0.717, 1.165) is 35.3 Å². The fourth-order valence-corrected chi connectivity index (χ4v) is 5.23. The number of hydrogen-bond acceptors (Lipinski definition) is 4. The van der Waals surface area contributed by atoms with E-state index in [4.69, 9.17) is 11.6 Å². The lowest BCUT2D eigenvalue weighted by atomic mass is 9.87. The van der Waals surface area contributed by atoms with Crippen molar-refractivity contribution in [2.75, 3.05) is 37.6 Å². The molecule has 1 aromatic carbocycles. The molecule has 1 saturated carbocycles. The van der Waals surface area contributed by atoms with Crippen molar-refractivity contribution in [3.63, 3.8) is 0 Å². The Balaban J connectivity index is 1.28. The molecule has 2 heterocycles. The van der Waals surface area contributed by atoms with Crippen LogP contribution in [0.4, 0.5) is 5.00 Å². The van der Waals surface area contributed by atoms with Gasteiger partial charge in [-0.3, -0.25) is 4.90 Å². The van der Waals surface area contributed by atoms with Crippen LogP contribution in [0, 0.1) is 5.92 Å². The highest BCUT2D eigenvalue weighted by Crippen LogP contribution is 2.30. The first-order valence-corrected chi connectivity index (χ1v) is 11.1. The van der Waals surface area contributed by atoms with Gasteiger partial charge in [0, 0.05) is 42.8 Å². The monoisotopic (exact) mass is 389 g/mol. The molecule has 0 amide bonds. The Kier molecular flexibility index (Phi) is 6.13. The molecule has 3 nitrogen and oxygen atoms in total. The molecule has 1 aromatic heterocycles. The first-order valence-electron chi connectivity index (χ1n) is 9.98. The normalized spacial score (nSPS) is 19.8. The van der Waals surface area contributed by atoms with Gasteiger partial charge in [0.15, 0.2) is 0 Å². The molecule has 1 aliphatic heterocycles. The minimum Gasteiger partial charge on any atom is -0.360 e. The third-order valence-corrected chi connectivity index (χ3v) is 6.97. The van der Waals surface area contributed by atoms with Crippen molar-refractivity contribution in [1.82, 2.24) is 9.27 Å². The molecular formula is C21H28ClN3S. The van der Waals surface area contributed by atoms with Gasteiger partial charge in [0.05, 0.1) is 5.69 Å². The number of hydrogen-bond donors (Lipinski definition) is 0. The Labute approximate surface area is 166 Å². The van der Waals surface area contributed by atoms with Crippen LogP contribution < -0.4 is 4.90 Å². The first-order chi connectivity index (χ1) is 12.8. The van der Waals surface area contributed by atoms with Gasteiger partial charge in [-0.2, -0.15) is 4.37 Å². The number of piperazine rings is 1. The summed E-state index contributed by atoms with van der Waals surface area (Å²) in [6.45, 7) is 5.87. The number of aromatic nitrogens is 1. The van der Waals surface area contributed by atoms with Crippen molar-refractivity contribution in [3.8, 4) is 11.3 Å². The lowest BCUT2D eigenvalue weighted by molar-refractivity contribution is 0.222. The van der Waals surface area contributed by atoms with Gasteiger partial charge in [-0.05, 0) is 42.5 Å². The Morgan fingerprint density at radius 3 is 2.62 bits per heavy atom. The number of rotatable bonds is 5. The Bertz CT molecular complexity index is 703. The van der Waals surface area contributed by atoms with Crippen LogP contribution in [-0.4, -0.2) is 42.0 Å². The van der Waals surface area contributed by atoms with E-state index in [2.05, 4.69) is 26.3 Å². The molecule has 0 unspecified atom stereocenters. The summed E-state index contributed by atoms with van der Waals surface area (Å²) < 4.78 is 4.65. The van der Waals surface area contributed by atoms with Crippen LogP contribution in [0.3, 0.4) is 0 Å². The zero-order valence-corrected chi connectivity index (χ0v) is 16.9. The zero-order valence-electron chi connectivity index (χ0n) is 15.4. The average Bonchev–Trinajstić information content (AvgIpc) is 3.18. The molecule has 1 aliphatic carbocycles. The minimum atomic E-state index is 0.767. The molecule has 2 aliphatic rings. The van der Waals surface area contributed by atoms with E-state index < -0.39 is 0 Å². The number of anilines is 1. The average molecular weight is 390 g/mol. The Morgan fingerprint density at radius 2 is 1.85 bits per heavy atom. The highest BCUT2D eigenvalue weighted by atomic mass is 35.5. The van der Waals surface area contributed by atoms with E-state index >= 15 is 0 Å². The van der Waals surface area contributed by atoms with E-state index in [1.54, 1.807) is 11.5 Å². The Hall–Kier alpha value is -1.10. The van der Waals surface area contributed by atoms with Gasteiger partial charge in [-0.15, -0.1) is 0 Å². The molecule has 0 bridgehead atoms. The van der Waals surface area contributed by atoms with Crippen LogP contribution in [0.2, 0.25) is 5.02 Å². The number of benzene rings is 1. The van der Waals surface area contributed by atoms with Crippen LogP contribution in [0.15, 0.2) is 30.3 Å². The van der Waals surface area contributed by atoms with Gasteiger partial charge in [-0.1, -0.05) is 55.8 Å². The summed E-state index contributed by atoms with van der Waals surface area (Å²) in [6.07, 6.45) is 8.71. The van der Waals surface area contributed by atoms with E-state index in [-0.39, 0.29) is 0 Å². The van der Waals surface area contributed by atoms with Gasteiger partial charge in [0.25, 0.3) is 0 Å². The fraction of sp³-hybridized carbons (Fsp3) is 0.571. The van der Waals surface area contributed by atoms with E-state index in [1.807, 2.05) is 18.2 Å². The van der Waals surface area contributed by atoms with Gasteiger partial charge < -0.3 is 4.90 Å². The Morgan fingerprint density at radius 1 is 1.04 bits per heavy atom. The summed E-state index contributed by atoms with van der Waals surface area (Å²) in [4.78, 5) is 5.15. The van der Waals surface area contributed by atoms with Crippen LogP contribution in [0.5, 0.6) is 0 Å². The molecule has 0 spiro atoms. The van der Waals surface area contributed by atoms with Crippen molar-refractivity contribution >= 4 is 28.1 Å². The van der Waals surface area contributed by atoms with E-state index in [0.29, 0.717) is 0 Å². The predicted octanol–water partition coefficient (Wildman–Crippen LogP) is 5.56. The standard InChI is InChI=1S/C21H28ClN3S/c22-19-8-4-7-18(15-19)20-16-21(26-23-20)25-13-11-24(12-14-25)10-9-17-5-2-1-3-6-17/h4,7-8,15-17H,1-3,5-6,9-14H2. The molecule has 26 heavy (non-hydrogen) atoms.